The van der Waals surface area contributed by atoms with Crippen LogP contribution in [0.3, 0.4) is 0 Å². The van der Waals surface area contributed by atoms with Gasteiger partial charge in [-0.1, -0.05) is 30.3 Å². The monoisotopic (exact) mass is 208 g/mol. The van der Waals surface area contributed by atoms with Gasteiger partial charge in [0.15, 0.2) is 0 Å². The van der Waals surface area contributed by atoms with E-state index in [1.807, 2.05) is 25.1 Å². The van der Waals surface area contributed by atoms with E-state index in [1.54, 1.807) is 7.11 Å². The molecule has 1 N–H and O–H groups in total. The third-order valence-electron chi connectivity index (χ3n) is 2.62. The van der Waals surface area contributed by atoms with Gasteiger partial charge in [0.2, 0.25) is 0 Å². The van der Waals surface area contributed by atoms with E-state index < -0.39 is 0 Å². The Bertz CT molecular complexity index is 258. The second kappa shape index (κ2) is 6.59. The molecular weight excluding hydrogens is 188 g/mol. The Morgan fingerprint density at radius 2 is 1.93 bits per heavy atom. The van der Waals surface area contributed by atoms with E-state index in [2.05, 4.69) is 12.1 Å². The molecule has 0 spiro atoms. The van der Waals surface area contributed by atoms with Gasteiger partial charge in [0.25, 0.3) is 0 Å². The first-order valence-electron chi connectivity index (χ1n) is 5.47. The molecule has 0 fully saturated rings. The van der Waals surface area contributed by atoms with Crippen LogP contribution < -0.4 is 0 Å². The number of aliphatic hydroxyl groups excluding tert-OH is 1. The lowest BCUT2D eigenvalue weighted by Gasteiger charge is -2.14. The fourth-order valence-corrected chi connectivity index (χ4v) is 1.58. The van der Waals surface area contributed by atoms with Gasteiger partial charge < -0.3 is 9.84 Å². The van der Waals surface area contributed by atoms with Crippen molar-refractivity contribution < 1.29 is 9.84 Å². The maximum absolute atomic E-state index is 9.73. The fraction of sp³-hybridized carbons (Fsp3) is 0.538. The van der Waals surface area contributed by atoms with Crippen LogP contribution in [0.1, 0.15) is 25.3 Å². The predicted octanol–water partition coefficient (Wildman–Crippen LogP) is 2.41. The summed E-state index contributed by atoms with van der Waals surface area (Å²) in [4.78, 5) is 0. The van der Waals surface area contributed by atoms with Crippen LogP contribution in [-0.4, -0.2) is 24.4 Å². The number of benzene rings is 1. The number of rotatable bonds is 6. The number of aliphatic hydroxyl groups is 1. The average molecular weight is 208 g/mol. The molecule has 1 aromatic carbocycles. The molecule has 1 rings (SSSR count). The summed E-state index contributed by atoms with van der Waals surface area (Å²) in [6.07, 6.45) is 2.32. The molecule has 84 valence electrons. The lowest BCUT2D eigenvalue weighted by molar-refractivity contribution is 0.0530. The molecule has 0 aromatic heterocycles. The molecule has 1 aromatic rings. The molecule has 0 saturated carbocycles. The molecule has 0 radical (unpaired) electrons. The summed E-state index contributed by atoms with van der Waals surface area (Å²) in [6, 6.07) is 10.2. The van der Waals surface area contributed by atoms with Crippen LogP contribution in [0, 0.1) is 0 Å². The highest BCUT2D eigenvalue weighted by Gasteiger charge is 2.09. The fourth-order valence-electron chi connectivity index (χ4n) is 1.58. The Morgan fingerprint density at radius 1 is 1.27 bits per heavy atom. The van der Waals surface area contributed by atoms with Crippen molar-refractivity contribution in [1.29, 1.82) is 0 Å². The summed E-state index contributed by atoms with van der Waals surface area (Å²) in [7, 11) is 1.68. The molecule has 0 aliphatic heterocycles. The van der Waals surface area contributed by atoms with E-state index in [-0.39, 0.29) is 12.2 Å². The number of ether oxygens (including phenoxy) is 1. The van der Waals surface area contributed by atoms with E-state index in [0.717, 1.165) is 12.8 Å². The Kier molecular flexibility index (Phi) is 5.37. The van der Waals surface area contributed by atoms with Crippen molar-refractivity contribution in [2.45, 2.75) is 38.4 Å². The zero-order valence-electron chi connectivity index (χ0n) is 9.52. The van der Waals surface area contributed by atoms with Crippen molar-refractivity contribution in [3.8, 4) is 0 Å². The molecule has 0 amide bonds. The third-order valence-corrected chi connectivity index (χ3v) is 2.62. The van der Waals surface area contributed by atoms with Gasteiger partial charge in [-0.25, -0.2) is 0 Å². The van der Waals surface area contributed by atoms with Gasteiger partial charge in [-0.3, -0.25) is 0 Å². The molecule has 0 heterocycles. The van der Waals surface area contributed by atoms with Crippen molar-refractivity contribution in [3.63, 3.8) is 0 Å². The van der Waals surface area contributed by atoms with Crippen LogP contribution in [0.5, 0.6) is 0 Å². The molecule has 0 saturated heterocycles. The zero-order valence-corrected chi connectivity index (χ0v) is 9.52. The van der Waals surface area contributed by atoms with E-state index in [1.165, 1.54) is 5.56 Å². The second-order valence-corrected chi connectivity index (χ2v) is 3.96. The summed E-state index contributed by atoms with van der Waals surface area (Å²) in [5.41, 5.74) is 1.28. The molecule has 2 unspecified atom stereocenters. The van der Waals surface area contributed by atoms with Crippen molar-refractivity contribution in [1.82, 2.24) is 0 Å². The number of hydrogen-bond donors (Lipinski definition) is 1. The van der Waals surface area contributed by atoms with E-state index in [9.17, 15) is 5.11 Å². The van der Waals surface area contributed by atoms with Crippen molar-refractivity contribution in [3.05, 3.63) is 35.9 Å². The van der Waals surface area contributed by atoms with Gasteiger partial charge in [-0.15, -0.1) is 0 Å². The van der Waals surface area contributed by atoms with Crippen molar-refractivity contribution in [2.24, 2.45) is 0 Å². The first-order chi connectivity index (χ1) is 7.22. The van der Waals surface area contributed by atoms with Gasteiger partial charge in [0, 0.05) is 7.11 Å². The summed E-state index contributed by atoms with van der Waals surface area (Å²) < 4.78 is 5.11. The largest absolute Gasteiger partial charge is 0.393 e. The normalized spacial score (nSPS) is 14.9. The van der Waals surface area contributed by atoms with E-state index >= 15 is 0 Å². The molecule has 2 atom stereocenters. The topological polar surface area (TPSA) is 29.5 Å². The minimum Gasteiger partial charge on any atom is -0.393 e. The Morgan fingerprint density at radius 3 is 2.53 bits per heavy atom. The second-order valence-electron chi connectivity index (χ2n) is 3.96. The molecule has 15 heavy (non-hydrogen) atoms. The zero-order chi connectivity index (χ0) is 11.1. The lowest BCUT2D eigenvalue weighted by atomic mass is 10.0. The van der Waals surface area contributed by atoms with Crippen LogP contribution in [-0.2, 0) is 11.2 Å². The van der Waals surface area contributed by atoms with Crippen LogP contribution in [0.15, 0.2) is 30.3 Å². The molecule has 0 aliphatic carbocycles. The summed E-state index contributed by atoms with van der Waals surface area (Å²) >= 11 is 0. The van der Waals surface area contributed by atoms with Gasteiger partial charge in [0.1, 0.15) is 0 Å². The predicted molar refractivity (Wildman–Crippen MR) is 61.9 cm³/mol. The lowest BCUT2D eigenvalue weighted by Crippen LogP contribution is -2.17. The summed E-state index contributed by atoms with van der Waals surface area (Å²) in [5, 5.41) is 9.73. The van der Waals surface area contributed by atoms with Gasteiger partial charge in [0.05, 0.1) is 12.2 Å². The van der Waals surface area contributed by atoms with Crippen LogP contribution >= 0.6 is 0 Å². The average Bonchev–Trinajstić information content (AvgIpc) is 2.27. The standard InChI is InChI=1S/C13H20O2/c1-11(15-2)10-13(14)9-8-12-6-4-3-5-7-12/h3-7,11,13-14H,8-10H2,1-2H3. The number of aryl methyl sites for hydroxylation is 1. The van der Waals surface area contributed by atoms with Crippen molar-refractivity contribution in [2.75, 3.05) is 7.11 Å². The quantitative estimate of drug-likeness (QED) is 0.778. The number of hydrogen-bond acceptors (Lipinski definition) is 2. The number of methoxy groups -OCH3 is 1. The molecule has 2 heteroatoms. The molecule has 0 aliphatic rings. The smallest absolute Gasteiger partial charge is 0.0568 e. The molecular formula is C13H20O2. The van der Waals surface area contributed by atoms with Crippen molar-refractivity contribution >= 4 is 0 Å². The van der Waals surface area contributed by atoms with Crippen LogP contribution in [0.25, 0.3) is 0 Å². The molecule has 2 nitrogen and oxygen atoms in total. The Hall–Kier alpha value is -0.860. The van der Waals surface area contributed by atoms with Gasteiger partial charge in [-0.2, -0.15) is 0 Å². The third kappa shape index (κ3) is 4.96. The first kappa shape index (κ1) is 12.2. The highest BCUT2D eigenvalue weighted by Crippen LogP contribution is 2.09. The van der Waals surface area contributed by atoms with Gasteiger partial charge in [-0.05, 0) is 31.7 Å². The highest BCUT2D eigenvalue weighted by molar-refractivity contribution is 5.14. The maximum atomic E-state index is 9.73. The van der Waals surface area contributed by atoms with Crippen LogP contribution in [0.2, 0.25) is 0 Å². The SMILES string of the molecule is COC(C)CC(O)CCc1ccccc1. The Labute approximate surface area is 91.9 Å². The highest BCUT2D eigenvalue weighted by atomic mass is 16.5. The van der Waals surface area contributed by atoms with E-state index in [4.69, 9.17) is 4.74 Å². The van der Waals surface area contributed by atoms with Gasteiger partial charge >= 0.3 is 0 Å². The minimum absolute atomic E-state index is 0.135. The van der Waals surface area contributed by atoms with Crippen LogP contribution in [0.4, 0.5) is 0 Å². The first-order valence-corrected chi connectivity index (χ1v) is 5.47. The minimum atomic E-state index is -0.264. The Balaban J connectivity index is 2.25. The maximum Gasteiger partial charge on any atom is 0.0568 e. The van der Waals surface area contributed by atoms with E-state index in [0.29, 0.717) is 6.42 Å². The molecule has 0 bridgehead atoms. The summed E-state index contributed by atoms with van der Waals surface area (Å²) in [5.74, 6) is 0. The summed E-state index contributed by atoms with van der Waals surface area (Å²) in [6.45, 7) is 1.98.